The lowest BCUT2D eigenvalue weighted by molar-refractivity contribution is -0.362. The van der Waals surface area contributed by atoms with Crippen LogP contribution in [0, 0.1) is 0 Å². The number of carboxylic acids is 3. The number of aliphatic hydroxyl groups is 16. The fraction of sp³-hybridized carbons (Fsp3) is 0.875. The van der Waals surface area contributed by atoms with Gasteiger partial charge in [-0.2, -0.15) is 0 Å². The molecule has 0 aromatic heterocycles. The Labute approximate surface area is 429 Å². The monoisotopic (exact) mass is 1200 g/mol. The molecule has 42 nitrogen and oxygen atoms in total. The topological polar surface area (TPSA) is 731 Å². The minimum absolute atomic E-state index is 0.462. The molecule has 5 rings (SSSR count). The highest BCUT2D eigenvalue weighted by molar-refractivity contribution is 7.83. The van der Waals surface area contributed by atoms with E-state index in [0.717, 1.165) is 0 Å². The van der Waals surface area contributed by atoms with Crippen LogP contribution in [0.3, 0.4) is 0 Å². The SMILES string of the molecule is CC(=O)NC1C(O)OC(CO)C(O)C1O.O=C([O-])C1OC(O)C(O)C(O)C1O.O=C([O-])C1OC(O)C(O)C(O)C1O.O=C([O-])C1OC(OC2C(COS(=O)(=O)[O-])OC(O)C(NS(=O)(=O)[O-])C2O)C(OS(=O)(=O)[O-])C(O)C1O. The van der Waals surface area contributed by atoms with Crippen LogP contribution < -0.4 is 25.4 Å². The van der Waals surface area contributed by atoms with Crippen LogP contribution in [-0.2, 0) is 87.1 Å². The van der Waals surface area contributed by atoms with Crippen LogP contribution in [0.4, 0.5) is 0 Å². The second kappa shape index (κ2) is 28.8. The molecular weight excluding hydrogens is 1150 g/mol. The lowest BCUT2D eigenvalue weighted by atomic mass is 9.96. The maximum Gasteiger partial charge on any atom is 0.218 e. The second-order valence-electron chi connectivity index (χ2n) is 16.1. The number of aliphatic hydroxyl groups excluding tert-OH is 16. The van der Waals surface area contributed by atoms with E-state index in [1.54, 1.807) is 0 Å². The van der Waals surface area contributed by atoms with Crippen LogP contribution in [0.1, 0.15) is 6.92 Å². The van der Waals surface area contributed by atoms with Crippen LogP contribution in [0.2, 0.25) is 0 Å². The van der Waals surface area contributed by atoms with Crippen LogP contribution in [-0.4, -0.2) is 311 Å². The molecule has 5 fully saturated rings. The lowest BCUT2D eigenvalue weighted by Gasteiger charge is -2.47. The van der Waals surface area contributed by atoms with Gasteiger partial charge in [-0.3, -0.25) is 13.2 Å². The fourth-order valence-electron chi connectivity index (χ4n) is 6.82. The molecule has 18 N–H and O–H groups in total. The molecule has 25 unspecified atom stereocenters. The Morgan fingerprint density at radius 3 is 1.29 bits per heavy atom. The highest BCUT2D eigenvalue weighted by Gasteiger charge is 2.53. The number of ether oxygens (including phenoxy) is 6. The van der Waals surface area contributed by atoms with E-state index in [-0.39, 0.29) is 0 Å². The lowest BCUT2D eigenvalue weighted by Crippen LogP contribution is -2.68. The van der Waals surface area contributed by atoms with Crippen molar-refractivity contribution in [2.75, 3.05) is 13.2 Å². The van der Waals surface area contributed by atoms with Gasteiger partial charge in [0.15, 0.2) is 47.9 Å². The molecule has 5 saturated heterocycles. The quantitative estimate of drug-likeness (QED) is 0.0567. The number of amides is 1. The minimum Gasteiger partial charge on any atom is -0.735 e. The van der Waals surface area contributed by atoms with E-state index in [9.17, 15) is 109 Å². The molecule has 25 atom stereocenters. The molecule has 0 aliphatic carbocycles. The Kier molecular flexibility index (Phi) is 26.1. The van der Waals surface area contributed by atoms with Gasteiger partial charge in [0.25, 0.3) is 0 Å². The Hall–Kier alpha value is -3.39. The molecule has 0 aromatic carbocycles. The van der Waals surface area contributed by atoms with Crippen molar-refractivity contribution >= 4 is 54.9 Å². The smallest absolute Gasteiger partial charge is 0.218 e. The summed E-state index contributed by atoms with van der Waals surface area (Å²) in [4.78, 5) is 42.5. The number of hydrogen-bond donors (Lipinski definition) is 18. The van der Waals surface area contributed by atoms with Gasteiger partial charge in [-0.05, 0) is 0 Å². The third kappa shape index (κ3) is 20.0. The average Bonchev–Trinajstić information content (AvgIpc) is 3.30. The number of carbonyl (C=O) groups excluding carboxylic acids is 4. The number of carbonyl (C=O) groups is 4. The molecule has 0 bridgehead atoms. The largest absolute Gasteiger partial charge is 0.735 e. The molecule has 0 saturated carbocycles. The van der Waals surface area contributed by atoms with Gasteiger partial charge in [0.2, 0.25) is 26.7 Å². The molecule has 0 aromatic rings. The van der Waals surface area contributed by atoms with Crippen molar-refractivity contribution < 1.29 is 192 Å². The number of nitrogens with one attached hydrogen (secondary N) is 2. The zero-order valence-corrected chi connectivity index (χ0v) is 40.5. The normalized spacial score (nSPS) is 41.6. The number of hydrogen-bond acceptors (Lipinski definition) is 40. The van der Waals surface area contributed by atoms with Gasteiger partial charge >= 0.3 is 0 Å². The Morgan fingerprint density at radius 2 is 0.896 bits per heavy atom. The Balaban J connectivity index is 0.000000403. The molecule has 5 aliphatic rings. The fourth-order valence-corrected chi connectivity index (χ4v) is 8.18. The predicted octanol–water partition coefficient (Wildman–Crippen LogP) is -20.6. The second-order valence-corrected chi connectivity index (χ2v) is 19.3. The van der Waals surface area contributed by atoms with Gasteiger partial charge < -0.3 is 159 Å². The molecule has 0 radical (unpaired) electrons. The molecule has 1 amide bonds. The third-order valence-corrected chi connectivity index (χ3v) is 12.0. The molecule has 5 heterocycles. The van der Waals surface area contributed by atoms with Gasteiger partial charge in [-0.1, -0.05) is 0 Å². The van der Waals surface area contributed by atoms with E-state index in [0.29, 0.717) is 0 Å². The van der Waals surface area contributed by atoms with Gasteiger partial charge in [0.1, 0.15) is 116 Å². The van der Waals surface area contributed by atoms with E-state index in [2.05, 4.69) is 23.2 Å². The number of rotatable bonds is 14. The van der Waals surface area contributed by atoms with Gasteiger partial charge in [-0.15, -0.1) is 0 Å². The summed E-state index contributed by atoms with van der Waals surface area (Å²) >= 11 is 0. The van der Waals surface area contributed by atoms with Crippen LogP contribution >= 0.6 is 0 Å². The van der Waals surface area contributed by atoms with Gasteiger partial charge in [-0.25, -0.2) is 30.0 Å². The first-order chi connectivity index (χ1) is 35.1. The third-order valence-electron chi connectivity index (χ3n) is 10.6. The van der Waals surface area contributed by atoms with E-state index in [1.165, 1.54) is 11.6 Å². The molecule has 77 heavy (non-hydrogen) atoms. The molecule has 45 heteroatoms. The zero-order valence-electron chi connectivity index (χ0n) is 38.0. The minimum atomic E-state index is -5.75. The summed E-state index contributed by atoms with van der Waals surface area (Å²) in [5, 5.41) is 183. The number of aliphatic carboxylic acids is 3. The predicted molar refractivity (Wildman–Crippen MR) is 210 cm³/mol. The van der Waals surface area contributed by atoms with Crippen molar-refractivity contribution in [3.63, 3.8) is 0 Å². The summed E-state index contributed by atoms with van der Waals surface area (Å²) in [6, 6.07) is -3.39. The Bertz CT molecular complexity index is 2240. The van der Waals surface area contributed by atoms with Crippen LogP contribution in [0.25, 0.3) is 0 Å². The van der Waals surface area contributed by atoms with Crippen molar-refractivity contribution in [3.05, 3.63) is 0 Å². The van der Waals surface area contributed by atoms with Crippen molar-refractivity contribution in [1.29, 1.82) is 0 Å². The highest BCUT2D eigenvalue weighted by Crippen LogP contribution is 2.31. The summed E-state index contributed by atoms with van der Waals surface area (Å²) in [5.74, 6) is -6.21. The first-order valence-electron chi connectivity index (χ1n) is 20.7. The van der Waals surface area contributed by atoms with Crippen LogP contribution in [0.5, 0.6) is 0 Å². The van der Waals surface area contributed by atoms with Gasteiger partial charge in [0, 0.05) is 6.92 Å². The summed E-state index contributed by atoms with van der Waals surface area (Å²) in [7, 11) is -16.7. The van der Waals surface area contributed by atoms with Crippen molar-refractivity contribution in [1.82, 2.24) is 10.0 Å². The van der Waals surface area contributed by atoms with Gasteiger partial charge in [0.05, 0.1) is 31.1 Å². The molecule has 0 spiro atoms. The maximum atomic E-state index is 11.2. The average molecular weight is 1200 g/mol. The maximum absolute atomic E-state index is 11.2. The summed E-state index contributed by atoms with van der Waals surface area (Å²) in [5.41, 5.74) is 0. The van der Waals surface area contributed by atoms with Crippen molar-refractivity contribution in [2.45, 2.75) is 160 Å². The molecule has 5 aliphatic heterocycles. The van der Waals surface area contributed by atoms with E-state index >= 15 is 0 Å². The van der Waals surface area contributed by atoms with E-state index < -0.39 is 222 Å². The number of carboxylic acid groups (broad SMARTS) is 3. The summed E-state index contributed by atoms with van der Waals surface area (Å²) in [6.07, 6.45) is -45.3. The summed E-state index contributed by atoms with van der Waals surface area (Å²) < 4.78 is 136. The zero-order chi connectivity index (χ0) is 59.7. The first kappa shape index (κ1) is 69.7. The van der Waals surface area contributed by atoms with E-state index in [4.69, 9.17) is 64.9 Å². The molecular formula is C32H50N2O40S3-6. The summed E-state index contributed by atoms with van der Waals surface area (Å²) in [6.45, 7) is -0.708. The van der Waals surface area contributed by atoms with Crippen LogP contribution in [0.15, 0.2) is 0 Å². The van der Waals surface area contributed by atoms with Crippen molar-refractivity contribution in [2.24, 2.45) is 0 Å². The van der Waals surface area contributed by atoms with E-state index in [1.807, 2.05) is 0 Å². The first-order valence-corrected chi connectivity index (χ1v) is 24.8. The molecule has 452 valence electrons. The Morgan fingerprint density at radius 1 is 0.481 bits per heavy atom. The highest BCUT2D eigenvalue weighted by atomic mass is 32.3. The van der Waals surface area contributed by atoms with Crippen molar-refractivity contribution in [3.8, 4) is 0 Å². The standard InChI is InChI=1S/C12H21NO20S3.C8H15NO6.2C6H10O7/c14-4-3(13-34(20,21)22)11(19)30-2(1-29-35(23,24)25)7(4)31-12-9(33-36(26,27)28)6(16)5(15)8(32-12)10(17)18;1-3(11)9-5-7(13)6(12)4(2-10)15-8(5)14;2*7-1-2(8)4(5(10)11)13-6(12)3(1)9/h2-9,11-16,19H,1H2,(H,17,18)(H,20,21,22)(H,23,24,25)(H,26,27,28);4-8,10,12-14H,2H2,1H3,(H,9,11);2*1-4,6-9,12H,(H,10,11)/p-6.